The molecule has 0 atom stereocenters. The van der Waals surface area contributed by atoms with Crippen molar-refractivity contribution < 1.29 is 19.1 Å². The first kappa shape index (κ1) is 16.1. The van der Waals surface area contributed by atoms with Gasteiger partial charge in [-0.3, -0.25) is 9.59 Å². The first-order chi connectivity index (χ1) is 10.4. The third-order valence-electron chi connectivity index (χ3n) is 3.68. The quantitative estimate of drug-likeness (QED) is 0.859. The van der Waals surface area contributed by atoms with Crippen LogP contribution in [0.5, 0.6) is 0 Å². The molecule has 0 aliphatic heterocycles. The van der Waals surface area contributed by atoms with Gasteiger partial charge in [0.25, 0.3) is 0 Å². The Hall–Kier alpha value is -2.30. The predicted octanol–water partition coefficient (Wildman–Crippen LogP) is 3.00. The monoisotopic (exact) mass is 303 g/mol. The second kappa shape index (κ2) is 6.64. The number of hydrogen-bond acceptors (Lipinski definition) is 3. The van der Waals surface area contributed by atoms with Gasteiger partial charge in [-0.25, -0.2) is 0 Å². The Morgan fingerprint density at radius 1 is 1.32 bits per heavy atom. The summed E-state index contributed by atoms with van der Waals surface area (Å²) in [4.78, 5) is 22.3. The van der Waals surface area contributed by atoms with Gasteiger partial charge in [-0.05, 0) is 36.1 Å². The molecule has 1 amide bonds. The summed E-state index contributed by atoms with van der Waals surface area (Å²) >= 11 is 0. The number of aliphatic carboxylic acids is 1. The van der Waals surface area contributed by atoms with Crippen molar-refractivity contribution in [2.45, 2.75) is 39.5 Å². The predicted molar refractivity (Wildman–Crippen MR) is 84.0 cm³/mol. The van der Waals surface area contributed by atoms with Crippen LogP contribution in [0, 0.1) is 6.92 Å². The molecule has 2 N–H and O–H groups in total. The molecule has 0 bridgehead atoms. The lowest BCUT2D eigenvalue weighted by Gasteiger charge is -2.10. The maximum Gasteiger partial charge on any atom is 0.305 e. The van der Waals surface area contributed by atoms with E-state index in [1.54, 1.807) is 6.26 Å². The number of carboxylic acid groups (broad SMARTS) is 1. The van der Waals surface area contributed by atoms with Crippen LogP contribution in [0.1, 0.15) is 42.9 Å². The van der Waals surface area contributed by atoms with Crippen molar-refractivity contribution in [3.05, 3.63) is 35.1 Å². The molecule has 1 aromatic heterocycles. The van der Waals surface area contributed by atoms with Crippen molar-refractivity contribution in [3.8, 4) is 0 Å². The number of carboxylic acids is 1. The summed E-state index contributed by atoms with van der Waals surface area (Å²) in [5, 5.41) is 12.1. The smallest absolute Gasteiger partial charge is 0.305 e. The van der Waals surface area contributed by atoms with Crippen LogP contribution in [0.2, 0.25) is 0 Å². The van der Waals surface area contributed by atoms with Crippen LogP contribution in [-0.4, -0.2) is 23.5 Å². The number of fused-ring (bicyclic) bond motifs is 1. The van der Waals surface area contributed by atoms with Crippen LogP contribution in [-0.2, 0) is 16.0 Å². The van der Waals surface area contributed by atoms with E-state index in [0.717, 1.165) is 16.5 Å². The van der Waals surface area contributed by atoms with E-state index in [1.807, 2.05) is 6.07 Å². The summed E-state index contributed by atoms with van der Waals surface area (Å²) in [6.07, 6.45) is 1.72. The number of furan rings is 1. The number of rotatable bonds is 6. The topological polar surface area (TPSA) is 79.5 Å². The Kier molecular flexibility index (Phi) is 4.85. The summed E-state index contributed by atoms with van der Waals surface area (Å²) in [6, 6.07) is 4.08. The highest BCUT2D eigenvalue weighted by atomic mass is 16.4. The standard InChI is InChI=1S/C17H21NO4/c1-10(2)13-8-14-12(9-22-15(14)6-11(13)3)7-16(19)18-5-4-17(20)21/h6,8-10H,4-5,7H2,1-3H3,(H,18,19)(H,20,21). The molecule has 0 aliphatic rings. The number of aryl methyl sites for hydroxylation is 1. The average molecular weight is 303 g/mol. The summed E-state index contributed by atoms with van der Waals surface area (Å²) in [6.45, 7) is 6.45. The van der Waals surface area contributed by atoms with E-state index in [9.17, 15) is 9.59 Å². The molecule has 5 nitrogen and oxygen atoms in total. The van der Waals surface area contributed by atoms with Gasteiger partial charge in [-0.2, -0.15) is 0 Å². The highest BCUT2D eigenvalue weighted by Gasteiger charge is 2.14. The summed E-state index contributed by atoms with van der Waals surface area (Å²) in [7, 11) is 0. The number of hydrogen-bond donors (Lipinski definition) is 2. The molecular weight excluding hydrogens is 282 g/mol. The Balaban J connectivity index is 2.16. The zero-order valence-corrected chi connectivity index (χ0v) is 13.1. The van der Waals surface area contributed by atoms with E-state index in [2.05, 4.69) is 32.2 Å². The molecule has 2 aromatic rings. The van der Waals surface area contributed by atoms with Crippen molar-refractivity contribution in [2.24, 2.45) is 0 Å². The molecule has 0 saturated heterocycles. The minimum Gasteiger partial charge on any atom is -0.481 e. The van der Waals surface area contributed by atoms with Gasteiger partial charge in [0.2, 0.25) is 5.91 Å². The maximum atomic E-state index is 11.9. The van der Waals surface area contributed by atoms with E-state index >= 15 is 0 Å². The first-order valence-electron chi connectivity index (χ1n) is 7.37. The van der Waals surface area contributed by atoms with Gasteiger partial charge >= 0.3 is 5.97 Å². The van der Waals surface area contributed by atoms with Crippen LogP contribution in [0.4, 0.5) is 0 Å². The largest absolute Gasteiger partial charge is 0.481 e. The maximum absolute atomic E-state index is 11.9. The van der Waals surface area contributed by atoms with Gasteiger partial charge in [0.05, 0.1) is 19.1 Å². The molecule has 5 heteroatoms. The van der Waals surface area contributed by atoms with Crippen LogP contribution >= 0.6 is 0 Å². The van der Waals surface area contributed by atoms with Crippen LogP contribution in [0.3, 0.4) is 0 Å². The zero-order valence-electron chi connectivity index (χ0n) is 13.1. The fourth-order valence-corrected chi connectivity index (χ4v) is 2.55. The van der Waals surface area contributed by atoms with Gasteiger partial charge in [-0.1, -0.05) is 13.8 Å². The minimum absolute atomic E-state index is 0.0748. The fraction of sp³-hybridized carbons (Fsp3) is 0.412. The van der Waals surface area contributed by atoms with Crippen molar-refractivity contribution in [1.29, 1.82) is 0 Å². The molecular formula is C17H21NO4. The molecule has 0 aliphatic carbocycles. The first-order valence-corrected chi connectivity index (χ1v) is 7.37. The number of amides is 1. The van der Waals surface area contributed by atoms with E-state index in [1.165, 1.54) is 11.1 Å². The van der Waals surface area contributed by atoms with Crippen LogP contribution in [0.25, 0.3) is 11.0 Å². The highest BCUT2D eigenvalue weighted by molar-refractivity contribution is 5.88. The number of carbonyl (C=O) groups excluding carboxylic acids is 1. The molecule has 1 aromatic carbocycles. The molecule has 0 unspecified atom stereocenters. The van der Waals surface area contributed by atoms with Crippen LogP contribution < -0.4 is 5.32 Å². The SMILES string of the molecule is Cc1cc2occ(CC(=O)NCCC(=O)O)c2cc1C(C)C. The van der Waals surface area contributed by atoms with Crippen molar-refractivity contribution >= 4 is 22.8 Å². The van der Waals surface area contributed by atoms with Gasteiger partial charge in [0.1, 0.15) is 5.58 Å². The van der Waals surface area contributed by atoms with E-state index in [4.69, 9.17) is 9.52 Å². The molecule has 0 spiro atoms. The van der Waals surface area contributed by atoms with Gasteiger partial charge < -0.3 is 14.8 Å². The molecule has 22 heavy (non-hydrogen) atoms. The lowest BCUT2D eigenvalue weighted by molar-refractivity contribution is -0.136. The van der Waals surface area contributed by atoms with Gasteiger partial charge in [0, 0.05) is 17.5 Å². The molecule has 0 fully saturated rings. The Morgan fingerprint density at radius 2 is 2.05 bits per heavy atom. The second-order valence-electron chi connectivity index (χ2n) is 5.79. The normalized spacial score (nSPS) is 11.1. The lowest BCUT2D eigenvalue weighted by atomic mass is 9.95. The van der Waals surface area contributed by atoms with Crippen molar-refractivity contribution in [1.82, 2.24) is 5.32 Å². The molecule has 0 radical (unpaired) electrons. The van der Waals surface area contributed by atoms with E-state index in [-0.39, 0.29) is 25.3 Å². The number of carbonyl (C=O) groups is 2. The number of benzene rings is 1. The van der Waals surface area contributed by atoms with Crippen molar-refractivity contribution in [3.63, 3.8) is 0 Å². The van der Waals surface area contributed by atoms with Crippen molar-refractivity contribution in [2.75, 3.05) is 6.54 Å². The van der Waals surface area contributed by atoms with Gasteiger partial charge in [-0.15, -0.1) is 0 Å². The molecule has 0 saturated carbocycles. The molecule has 1 heterocycles. The summed E-state index contributed by atoms with van der Waals surface area (Å²) < 4.78 is 5.53. The molecule has 118 valence electrons. The average Bonchev–Trinajstić information content (AvgIpc) is 2.79. The highest BCUT2D eigenvalue weighted by Crippen LogP contribution is 2.29. The third-order valence-corrected chi connectivity index (χ3v) is 3.68. The Bertz CT molecular complexity index is 700. The number of nitrogens with one attached hydrogen (secondary N) is 1. The lowest BCUT2D eigenvalue weighted by Crippen LogP contribution is -2.27. The summed E-state index contributed by atoms with van der Waals surface area (Å²) in [5.74, 6) is -0.724. The minimum atomic E-state index is -0.925. The molecule has 2 rings (SSSR count). The van der Waals surface area contributed by atoms with Crippen LogP contribution in [0.15, 0.2) is 22.8 Å². The summed E-state index contributed by atoms with van der Waals surface area (Å²) in [5.41, 5.74) is 4.01. The van der Waals surface area contributed by atoms with E-state index < -0.39 is 5.97 Å². The Labute approximate surface area is 129 Å². The van der Waals surface area contributed by atoms with E-state index in [0.29, 0.717) is 5.92 Å². The second-order valence-corrected chi connectivity index (χ2v) is 5.79. The zero-order chi connectivity index (χ0) is 16.3. The van der Waals surface area contributed by atoms with Gasteiger partial charge in [0.15, 0.2) is 0 Å². The Morgan fingerprint density at radius 3 is 2.68 bits per heavy atom. The third kappa shape index (κ3) is 3.67. The fourth-order valence-electron chi connectivity index (χ4n) is 2.55.